The number of sulfonamides is 1. The molecule has 12 heteroatoms. The lowest BCUT2D eigenvalue weighted by molar-refractivity contribution is 0.0593. The molecule has 2 N–H and O–H groups in total. The number of carbonyl (C=O) groups is 2. The Labute approximate surface area is 185 Å². The largest absolute Gasteiger partial charge is 0.464 e. The van der Waals surface area contributed by atoms with Crippen molar-refractivity contribution in [3.63, 3.8) is 0 Å². The summed E-state index contributed by atoms with van der Waals surface area (Å²) < 4.78 is 38.4. The van der Waals surface area contributed by atoms with Gasteiger partial charge in [0, 0.05) is 38.1 Å². The van der Waals surface area contributed by atoms with Gasteiger partial charge in [-0.2, -0.15) is 9.57 Å². The number of anilines is 1. The zero-order valence-corrected chi connectivity index (χ0v) is 18.5. The Bertz CT molecular complexity index is 1160. The predicted octanol–water partition coefficient (Wildman–Crippen LogP) is 1.18. The first-order valence-corrected chi connectivity index (χ1v) is 11.2. The van der Waals surface area contributed by atoms with Gasteiger partial charge in [-0.1, -0.05) is 0 Å². The van der Waals surface area contributed by atoms with Gasteiger partial charge in [0.25, 0.3) is 0 Å². The third-order valence-corrected chi connectivity index (χ3v) is 6.97. The first-order valence-electron chi connectivity index (χ1n) is 9.76. The second-order valence-electron chi connectivity index (χ2n) is 6.86. The number of piperazine rings is 1. The Kier molecular flexibility index (Phi) is 6.71. The van der Waals surface area contributed by atoms with Gasteiger partial charge in [-0.3, -0.25) is 0 Å². The van der Waals surface area contributed by atoms with Gasteiger partial charge < -0.3 is 24.7 Å². The van der Waals surface area contributed by atoms with Crippen LogP contribution in [0.4, 0.5) is 10.5 Å². The van der Waals surface area contributed by atoms with Gasteiger partial charge in [0.2, 0.25) is 10.0 Å². The van der Waals surface area contributed by atoms with Crippen molar-refractivity contribution in [2.75, 3.05) is 45.6 Å². The number of amides is 1. The number of carbonyl (C=O) groups excluding carboxylic acids is 2. The Balaban J connectivity index is 1.83. The van der Waals surface area contributed by atoms with Crippen LogP contribution in [0, 0.1) is 11.3 Å². The third-order valence-electron chi connectivity index (χ3n) is 5.06. The summed E-state index contributed by atoms with van der Waals surface area (Å²) in [4.78, 5) is 25.5. The van der Waals surface area contributed by atoms with Crippen molar-refractivity contribution in [1.82, 2.24) is 13.8 Å². The lowest BCUT2D eigenvalue weighted by Crippen LogP contribution is -2.50. The van der Waals surface area contributed by atoms with E-state index < -0.39 is 22.1 Å². The van der Waals surface area contributed by atoms with Crippen LogP contribution in [0.5, 0.6) is 0 Å². The van der Waals surface area contributed by atoms with E-state index in [1.54, 1.807) is 6.92 Å². The number of ether oxygens (including phenoxy) is 2. The Hall–Kier alpha value is -3.56. The maximum Gasteiger partial charge on any atom is 0.409 e. The van der Waals surface area contributed by atoms with Crippen molar-refractivity contribution in [2.45, 2.75) is 11.8 Å². The van der Waals surface area contributed by atoms with Gasteiger partial charge in [0.05, 0.1) is 29.9 Å². The summed E-state index contributed by atoms with van der Waals surface area (Å²) in [6.07, 6.45) is 0.928. The van der Waals surface area contributed by atoms with Crippen LogP contribution in [0.2, 0.25) is 0 Å². The molecule has 0 saturated carbocycles. The average molecular weight is 462 g/mol. The van der Waals surface area contributed by atoms with Crippen LogP contribution < -0.4 is 5.73 Å². The first kappa shape index (κ1) is 23.1. The fraction of sp³-hybridized carbons (Fsp3) is 0.350. The van der Waals surface area contributed by atoms with Gasteiger partial charge in [-0.15, -0.1) is 0 Å². The van der Waals surface area contributed by atoms with E-state index in [2.05, 4.69) is 0 Å². The number of aromatic nitrogens is 1. The molecule has 170 valence electrons. The Morgan fingerprint density at radius 3 is 2.31 bits per heavy atom. The van der Waals surface area contributed by atoms with E-state index in [0.717, 1.165) is 0 Å². The number of hydrogen-bond donors (Lipinski definition) is 1. The van der Waals surface area contributed by atoms with Gasteiger partial charge in [-0.05, 0) is 31.2 Å². The molecule has 2 heterocycles. The summed E-state index contributed by atoms with van der Waals surface area (Å²) in [7, 11) is -2.59. The van der Waals surface area contributed by atoms with Crippen LogP contribution >= 0.6 is 0 Å². The van der Waals surface area contributed by atoms with Gasteiger partial charge in [-0.25, -0.2) is 18.0 Å². The number of methoxy groups -OCH3 is 1. The predicted molar refractivity (Wildman–Crippen MR) is 114 cm³/mol. The molecule has 3 rings (SSSR count). The summed E-state index contributed by atoms with van der Waals surface area (Å²) in [6, 6.07) is 7.74. The molecule has 1 fully saturated rings. The molecule has 2 aromatic rings. The molecule has 0 spiro atoms. The number of nitrogens with zero attached hydrogens (tertiary/aromatic N) is 4. The lowest BCUT2D eigenvalue weighted by atomic mass is 10.2. The molecule has 0 unspecified atom stereocenters. The fourth-order valence-electron chi connectivity index (χ4n) is 3.37. The number of benzene rings is 1. The zero-order valence-electron chi connectivity index (χ0n) is 17.6. The topological polar surface area (TPSA) is 148 Å². The van der Waals surface area contributed by atoms with E-state index >= 15 is 0 Å². The van der Waals surface area contributed by atoms with E-state index in [-0.39, 0.29) is 54.6 Å². The molecule has 1 saturated heterocycles. The van der Waals surface area contributed by atoms with Crippen LogP contribution in [0.1, 0.15) is 23.0 Å². The highest BCUT2D eigenvalue weighted by molar-refractivity contribution is 7.89. The molecule has 1 aromatic carbocycles. The summed E-state index contributed by atoms with van der Waals surface area (Å²) in [6.45, 7) is 2.73. The molecule has 32 heavy (non-hydrogen) atoms. The smallest absolute Gasteiger partial charge is 0.409 e. The standard InChI is InChI=1S/C20H23N5O6S/c1-3-31-20(27)23-8-10-24(11-9-23)32(28,29)16-6-4-15(5-7-16)25-13-14(12-21)17(22)18(25)19(26)30-2/h4-7,13H,3,8-11,22H2,1-2H3. The quantitative estimate of drug-likeness (QED) is 0.653. The van der Waals surface area contributed by atoms with E-state index in [0.29, 0.717) is 5.69 Å². The molecule has 11 nitrogen and oxygen atoms in total. The summed E-state index contributed by atoms with van der Waals surface area (Å²) in [5.74, 6) is -0.722. The number of nitrogens with two attached hydrogens (primary N) is 1. The van der Waals surface area contributed by atoms with Gasteiger partial charge >= 0.3 is 12.1 Å². The molecule has 0 bridgehead atoms. The van der Waals surface area contributed by atoms with Crippen LogP contribution in [0.25, 0.3) is 5.69 Å². The van der Waals surface area contributed by atoms with Crippen molar-refractivity contribution < 1.29 is 27.5 Å². The summed E-state index contributed by atoms with van der Waals surface area (Å²) >= 11 is 0. The number of rotatable bonds is 5. The average Bonchev–Trinajstić information content (AvgIpc) is 3.15. The SMILES string of the molecule is CCOC(=O)N1CCN(S(=O)(=O)c2ccc(-n3cc(C#N)c(N)c3C(=O)OC)cc2)CC1. The monoisotopic (exact) mass is 461 g/mol. The van der Waals surface area contributed by atoms with Gasteiger partial charge in [0.1, 0.15) is 6.07 Å². The molecule has 1 aliphatic heterocycles. The molecule has 0 radical (unpaired) electrons. The van der Waals surface area contributed by atoms with Crippen molar-refractivity contribution in [1.29, 1.82) is 5.26 Å². The lowest BCUT2D eigenvalue weighted by Gasteiger charge is -2.33. The minimum atomic E-state index is -3.78. The molecule has 1 aromatic heterocycles. The minimum Gasteiger partial charge on any atom is -0.464 e. The normalized spacial score (nSPS) is 14.6. The molecular weight excluding hydrogens is 438 g/mol. The molecular formula is C20H23N5O6S. The van der Waals surface area contributed by atoms with Crippen molar-refractivity contribution in [2.24, 2.45) is 0 Å². The molecule has 0 aliphatic carbocycles. The number of hydrogen-bond acceptors (Lipinski definition) is 8. The highest BCUT2D eigenvalue weighted by Gasteiger charge is 2.31. The fourth-order valence-corrected chi connectivity index (χ4v) is 4.79. The molecule has 0 atom stereocenters. The maximum atomic E-state index is 13.0. The number of nitrogen functional groups attached to an aromatic ring is 1. The number of nitriles is 1. The van der Waals surface area contributed by atoms with Crippen LogP contribution in [-0.4, -0.2) is 74.1 Å². The first-order chi connectivity index (χ1) is 15.2. The molecule has 1 amide bonds. The van der Waals surface area contributed by atoms with Gasteiger partial charge in [0.15, 0.2) is 5.69 Å². The van der Waals surface area contributed by atoms with E-state index in [1.807, 2.05) is 6.07 Å². The summed E-state index contributed by atoms with van der Waals surface area (Å²) in [5.41, 5.74) is 6.39. The summed E-state index contributed by atoms with van der Waals surface area (Å²) in [5, 5.41) is 9.22. The van der Waals surface area contributed by atoms with Crippen molar-refractivity contribution >= 4 is 27.8 Å². The van der Waals surface area contributed by atoms with E-state index in [4.69, 9.17) is 15.2 Å². The Morgan fingerprint density at radius 1 is 1.16 bits per heavy atom. The third kappa shape index (κ3) is 4.25. The maximum absolute atomic E-state index is 13.0. The second kappa shape index (κ2) is 9.29. The highest BCUT2D eigenvalue weighted by Crippen LogP contribution is 2.26. The van der Waals surface area contributed by atoms with E-state index in [1.165, 1.54) is 51.3 Å². The van der Waals surface area contributed by atoms with Crippen LogP contribution in [0.15, 0.2) is 35.4 Å². The second-order valence-corrected chi connectivity index (χ2v) is 8.80. The van der Waals surface area contributed by atoms with E-state index in [9.17, 15) is 23.3 Å². The van der Waals surface area contributed by atoms with Crippen LogP contribution in [-0.2, 0) is 19.5 Å². The van der Waals surface area contributed by atoms with Crippen molar-refractivity contribution in [3.05, 3.63) is 41.7 Å². The molecule has 1 aliphatic rings. The Morgan fingerprint density at radius 2 is 1.78 bits per heavy atom. The number of esters is 1. The van der Waals surface area contributed by atoms with Crippen molar-refractivity contribution in [3.8, 4) is 11.8 Å². The zero-order chi connectivity index (χ0) is 23.5. The van der Waals surface area contributed by atoms with Crippen LogP contribution in [0.3, 0.4) is 0 Å². The highest BCUT2D eigenvalue weighted by atomic mass is 32.2. The minimum absolute atomic E-state index is 0.0180.